The van der Waals surface area contributed by atoms with Crippen molar-refractivity contribution in [3.05, 3.63) is 29.6 Å². The van der Waals surface area contributed by atoms with Gasteiger partial charge in [-0.25, -0.2) is 4.39 Å². The number of fused-ring (bicyclic) bond motifs is 1. The first-order valence-corrected chi connectivity index (χ1v) is 6.48. The third-order valence-electron chi connectivity index (χ3n) is 3.20. The molecule has 18 heavy (non-hydrogen) atoms. The van der Waals surface area contributed by atoms with Crippen molar-refractivity contribution in [3.63, 3.8) is 0 Å². The lowest BCUT2D eigenvalue weighted by Crippen LogP contribution is -2.29. The van der Waals surface area contributed by atoms with Crippen LogP contribution in [-0.4, -0.2) is 38.7 Å². The molecule has 0 aromatic heterocycles. The second-order valence-corrected chi connectivity index (χ2v) is 4.96. The molecule has 100 valence electrons. The fourth-order valence-corrected chi connectivity index (χ4v) is 2.27. The molecule has 4 heteroatoms. The van der Waals surface area contributed by atoms with Crippen LogP contribution >= 0.6 is 0 Å². The van der Waals surface area contributed by atoms with Crippen molar-refractivity contribution in [2.75, 3.05) is 33.8 Å². The van der Waals surface area contributed by atoms with Crippen LogP contribution in [0.15, 0.2) is 18.2 Å². The Hall–Kier alpha value is -1.13. The zero-order valence-electron chi connectivity index (χ0n) is 11.1. The third kappa shape index (κ3) is 3.21. The highest BCUT2D eigenvalue weighted by Gasteiger charge is 2.23. The van der Waals surface area contributed by atoms with Crippen LogP contribution in [0.5, 0.6) is 5.75 Å². The molecule has 0 saturated heterocycles. The molecule has 1 heterocycles. The molecule has 1 aromatic carbocycles. The predicted molar refractivity (Wildman–Crippen MR) is 70.4 cm³/mol. The van der Waals surface area contributed by atoms with Gasteiger partial charge in [-0.05, 0) is 39.7 Å². The molecule has 0 fully saturated rings. The fraction of sp³-hybridized carbons (Fsp3) is 0.571. The van der Waals surface area contributed by atoms with Gasteiger partial charge in [0.25, 0.3) is 0 Å². The number of nitrogens with one attached hydrogen (secondary N) is 1. The number of hydrogen-bond acceptors (Lipinski definition) is 3. The Morgan fingerprint density at radius 1 is 1.44 bits per heavy atom. The standard InChI is InChI=1S/C14H21FN2O/c1-17(2)9-4-8-16-13-7-10-18-14-11(13)5-3-6-12(14)15/h3,5-6,13,16H,4,7-10H2,1-2H3. The zero-order valence-corrected chi connectivity index (χ0v) is 11.1. The van der Waals surface area contributed by atoms with E-state index in [2.05, 4.69) is 24.3 Å². The fourth-order valence-electron chi connectivity index (χ4n) is 2.27. The minimum absolute atomic E-state index is 0.214. The highest BCUT2D eigenvalue weighted by molar-refractivity contribution is 5.38. The molecule has 1 aliphatic rings. The molecule has 0 amide bonds. The van der Waals surface area contributed by atoms with E-state index in [0.717, 1.165) is 31.5 Å². The average molecular weight is 252 g/mol. The summed E-state index contributed by atoms with van der Waals surface area (Å²) in [6.07, 6.45) is 1.99. The Balaban J connectivity index is 1.94. The number of para-hydroxylation sites is 1. The van der Waals surface area contributed by atoms with Gasteiger partial charge in [-0.3, -0.25) is 0 Å². The van der Waals surface area contributed by atoms with E-state index in [-0.39, 0.29) is 11.9 Å². The van der Waals surface area contributed by atoms with Gasteiger partial charge in [-0.15, -0.1) is 0 Å². The van der Waals surface area contributed by atoms with Crippen LogP contribution in [0.2, 0.25) is 0 Å². The zero-order chi connectivity index (χ0) is 13.0. The molecule has 1 atom stereocenters. The first-order chi connectivity index (χ1) is 8.68. The molecule has 1 N–H and O–H groups in total. The van der Waals surface area contributed by atoms with E-state index in [9.17, 15) is 4.39 Å². The van der Waals surface area contributed by atoms with E-state index in [4.69, 9.17) is 4.74 Å². The Morgan fingerprint density at radius 2 is 2.28 bits per heavy atom. The van der Waals surface area contributed by atoms with Crippen molar-refractivity contribution >= 4 is 0 Å². The van der Waals surface area contributed by atoms with Gasteiger partial charge in [0, 0.05) is 18.0 Å². The summed E-state index contributed by atoms with van der Waals surface area (Å²) >= 11 is 0. The van der Waals surface area contributed by atoms with Crippen molar-refractivity contribution < 1.29 is 9.13 Å². The molecule has 1 aliphatic heterocycles. The second kappa shape index (κ2) is 6.16. The van der Waals surface area contributed by atoms with Crippen LogP contribution in [0, 0.1) is 5.82 Å². The molecule has 2 rings (SSSR count). The Morgan fingerprint density at radius 3 is 3.06 bits per heavy atom. The largest absolute Gasteiger partial charge is 0.490 e. The van der Waals surface area contributed by atoms with Crippen molar-refractivity contribution in [3.8, 4) is 5.75 Å². The van der Waals surface area contributed by atoms with Gasteiger partial charge in [0.1, 0.15) is 0 Å². The lowest BCUT2D eigenvalue weighted by molar-refractivity contribution is 0.239. The quantitative estimate of drug-likeness (QED) is 0.813. The van der Waals surface area contributed by atoms with Gasteiger partial charge in [0.2, 0.25) is 0 Å². The van der Waals surface area contributed by atoms with E-state index < -0.39 is 0 Å². The van der Waals surface area contributed by atoms with Gasteiger partial charge in [0.15, 0.2) is 11.6 Å². The molecule has 1 aromatic rings. The summed E-state index contributed by atoms with van der Waals surface area (Å²) in [6, 6.07) is 5.36. The molecule has 3 nitrogen and oxygen atoms in total. The monoisotopic (exact) mass is 252 g/mol. The predicted octanol–water partition coefficient (Wildman–Crippen LogP) is 2.19. The molecule has 0 bridgehead atoms. The topological polar surface area (TPSA) is 24.5 Å². The summed E-state index contributed by atoms with van der Waals surface area (Å²) < 4.78 is 19.0. The number of benzene rings is 1. The molecular weight excluding hydrogens is 231 g/mol. The van der Waals surface area contributed by atoms with Crippen molar-refractivity contribution in [1.29, 1.82) is 0 Å². The Kier molecular flexibility index (Phi) is 4.55. The van der Waals surface area contributed by atoms with Gasteiger partial charge in [0.05, 0.1) is 6.61 Å². The number of halogens is 1. The molecule has 0 saturated carbocycles. The van der Waals surface area contributed by atoms with E-state index in [0.29, 0.717) is 12.4 Å². The summed E-state index contributed by atoms with van der Waals surface area (Å²) in [5, 5.41) is 3.49. The summed E-state index contributed by atoms with van der Waals surface area (Å²) in [5.41, 5.74) is 0.950. The van der Waals surface area contributed by atoms with E-state index >= 15 is 0 Å². The van der Waals surface area contributed by atoms with Crippen LogP contribution < -0.4 is 10.1 Å². The van der Waals surface area contributed by atoms with Crippen LogP contribution in [0.3, 0.4) is 0 Å². The van der Waals surface area contributed by atoms with E-state index in [1.807, 2.05) is 6.07 Å². The average Bonchev–Trinajstić information content (AvgIpc) is 2.35. The van der Waals surface area contributed by atoms with Crippen molar-refractivity contribution in [2.45, 2.75) is 18.9 Å². The van der Waals surface area contributed by atoms with Crippen molar-refractivity contribution in [1.82, 2.24) is 10.2 Å². The molecular formula is C14H21FN2O. The van der Waals surface area contributed by atoms with Crippen LogP contribution in [0.1, 0.15) is 24.4 Å². The smallest absolute Gasteiger partial charge is 0.165 e. The lowest BCUT2D eigenvalue weighted by atomic mass is 10.0. The van der Waals surface area contributed by atoms with E-state index in [1.54, 1.807) is 6.07 Å². The van der Waals surface area contributed by atoms with Gasteiger partial charge < -0.3 is 15.0 Å². The van der Waals surface area contributed by atoms with Gasteiger partial charge in [-0.2, -0.15) is 0 Å². The van der Waals surface area contributed by atoms with Crippen molar-refractivity contribution in [2.24, 2.45) is 0 Å². The maximum Gasteiger partial charge on any atom is 0.165 e. The minimum Gasteiger partial charge on any atom is -0.490 e. The molecule has 1 unspecified atom stereocenters. The van der Waals surface area contributed by atoms with Gasteiger partial charge in [-0.1, -0.05) is 12.1 Å². The Bertz CT molecular complexity index is 395. The second-order valence-electron chi connectivity index (χ2n) is 4.96. The third-order valence-corrected chi connectivity index (χ3v) is 3.20. The molecule has 0 radical (unpaired) electrons. The molecule has 0 spiro atoms. The minimum atomic E-state index is -0.257. The Labute approximate surface area is 108 Å². The van der Waals surface area contributed by atoms with Gasteiger partial charge >= 0.3 is 0 Å². The normalized spacial score (nSPS) is 18.6. The number of nitrogens with zero attached hydrogens (tertiary/aromatic N) is 1. The van der Waals surface area contributed by atoms with Crippen LogP contribution in [0.4, 0.5) is 4.39 Å². The van der Waals surface area contributed by atoms with Crippen LogP contribution in [0.25, 0.3) is 0 Å². The summed E-state index contributed by atoms with van der Waals surface area (Å²) in [7, 11) is 4.14. The number of rotatable bonds is 5. The maximum atomic E-state index is 13.6. The SMILES string of the molecule is CN(C)CCCNC1CCOc2c(F)cccc21. The first kappa shape index (κ1) is 13.3. The van der Waals surface area contributed by atoms with Crippen LogP contribution in [-0.2, 0) is 0 Å². The van der Waals surface area contributed by atoms with E-state index in [1.165, 1.54) is 6.07 Å². The summed E-state index contributed by atoms with van der Waals surface area (Å²) in [4.78, 5) is 2.17. The highest BCUT2D eigenvalue weighted by atomic mass is 19.1. The first-order valence-electron chi connectivity index (χ1n) is 6.48. The lowest BCUT2D eigenvalue weighted by Gasteiger charge is -2.27. The maximum absolute atomic E-state index is 13.6. The summed E-state index contributed by atoms with van der Waals surface area (Å²) in [5.74, 6) is 0.168. The summed E-state index contributed by atoms with van der Waals surface area (Å²) in [6.45, 7) is 2.59. The number of ether oxygens (including phenoxy) is 1. The molecule has 0 aliphatic carbocycles. The number of hydrogen-bond donors (Lipinski definition) is 1. The highest BCUT2D eigenvalue weighted by Crippen LogP contribution is 2.33.